The molecule has 0 fully saturated rings. The topological polar surface area (TPSA) is 34.1 Å². The van der Waals surface area contributed by atoms with E-state index in [0.29, 0.717) is 16.2 Å². The minimum Gasteiger partial charge on any atom is -0.298 e. The number of carbonyl (C=O) groups excluding carboxylic acids is 1. The normalized spacial score (nSPS) is 12.1. The SMILES string of the molecule is C=C(C)CCS(=O)c1ccccc1C=O. The van der Waals surface area contributed by atoms with Crippen molar-refractivity contribution in [2.45, 2.75) is 18.2 Å². The van der Waals surface area contributed by atoms with Gasteiger partial charge in [-0.3, -0.25) is 9.00 Å². The molecule has 0 aliphatic heterocycles. The third kappa shape index (κ3) is 3.44. The fraction of sp³-hybridized carbons (Fsp3) is 0.250. The molecule has 15 heavy (non-hydrogen) atoms. The molecule has 1 aromatic rings. The first-order chi connectivity index (χ1) is 7.15. The van der Waals surface area contributed by atoms with Crippen LogP contribution in [0.1, 0.15) is 23.7 Å². The van der Waals surface area contributed by atoms with Crippen LogP contribution in [0.15, 0.2) is 41.3 Å². The second-order valence-electron chi connectivity index (χ2n) is 3.41. The fourth-order valence-electron chi connectivity index (χ4n) is 1.16. The predicted molar refractivity (Wildman–Crippen MR) is 62.5 cm³/mol. The Kier molecular flexibility index (Phi) is 4.43. The molecule has 0 N–H and O–H groups in total. The van der Waals surface area contributed by atoms with Crippen molar-refractivity contribution in [2.75, 3.05) is 5.75 Å². The van der Waals surface area contributed by atoms with Gasteiger partial charge in [-0.15, -0.1) is 6.58 Å². The van der Waals surface area contributed by atoms with Crippen molar-refractivity contribution in [3.8, 4) is 0 Å². The molecule has 2 nitrogen and oxygen atoms in total. The maximum absolute atomic E-state index is 11.8. The molecule has 0 heterocycles. The molecule has 0 bridgehead atoms. The Morgan fingerprint density at radius 2 is 2.13 bits per heavy atom. The lowest BCUT2D eigenvalue weighted by Crippen LogP contribution is -2.01. The van der Waals surface area contributed by atoms with Gasteiger partial charge in [-0.05, 0) is 19.4 Å². The predicted octanol–water partition coefficient (Wildman–Crippen LogP) is 2.57. The highest BCUT2D eigenvalue weighted by molar-refractivity contribution is 7.85. The van der Waals surface area contributed by atoms with E-state index in [1.165, 1.54) is 0 Å². The third-order valence-electron chi connectivity index (χ3n) is 2.01. The highest BCUT2D eigenvalue weighted by Gasteiger charge is 2.08. The van der Waals surface area contributed by atoms with Gasteiger partial charge in [-0.1, -0.05) is 23.8 Å². The van der Waals surface area contributed by atoms with Crippen LogP contribution in [0.25, 0.3) is 0 Å². The molecule has 1 unspecified atom stereocenters. The van der Waals surface area contributed by atoms with Crippen molar-refractivity contribution in [3.63, 3.8) is 0 Å². The number of allylic oxidation sites excluding steroid dienone is 1. The number of hydrogen-bond donors (Lipinski definition) is 0. The van der Waals surface area contributed by atoms with E-state index in [4.69, 9.17) is 0 Å². The third-order valence-corrected chi connectivity index (χ3v) is 3.44. The van der Waals surface area contributed by atoms with E-state index in [1.54, 1.807) is 24.3 Å². The Balaban J connectivity index is 2.81. The number of aldehydes is 1. The second-order valence-corrected chi connectivity index (χ2v) is 4.95. The van der Waals surface area contributed by atoms with Gasteiger partial charge in [0.25, 0.3) is 0 Å². The van der Waals surface area contributed by atoms with E-state index in [9.17, 15) is 9.00 Å². The average molecular weight is 222 g/mol. The molecule has 0 aliphatic carbocycles. The van der Waals surface area contributed by atoms with Gasteiger partial charge >= 0.3 is 0 Å². The number of carbonyl (C=O) groups is 1. The Morgan fingerprint density at radius 3 is 2.73 bits per heavy atom. The Hall–Kier alpha value is -1.22. The van der Waals surface area contributed by atoms with Crippen LogP contribution in [0, 0.1) is 0 Å². The molecule has 1 atom stereocenters. The van der Waals surface area contributed by atoms with Crippen LogP contribution in [0.5, 0.6) is 0 Å². The molecular formula is C12H14O2S. The van der Waals surface area contributed by atoms with Crippen molar-refractivity contribution in [1.29, 1.82) is 0 Å². The molecule has 0 aliphatic rings. The van der Waals surface area contributed by atoms with Crippen molar-refractivity contribution in [3.05, 3.63) is 42.0 Å². The average Bonchev–Trinajstić information content (AvgIpc) is 2.25. The second kappa shape index (κ2) is 5.61. The molecule has 0 saturated heterocycles. The summed E-state index contributed by atoms with van der Waals surface area (Å²) >= 11 is 0. The molecule has 0 saturated carbocycles. The first-order valence-corrected chi connectivity index (χ1v) is 6.04. The lowest BCUT2D eigenvalue weighted by molar-refractivity contribution is 0.112. The Morgan fingerprint density at radius 1 is 1.47 bits per heavy atom. The van der Waals surface area contributed by atoms with E-state index in [1.807, 2.05) is 6.92 Å². The number of hydrogen-bond acceptors (Lipinski definition) is 2. The first kappa shape index (κ1) is 11.9. The van der Waals surface area contributed by atoms with E-state index in [2.05, 4.69) is 6.58 Å². The zero-order chi connectivity index (χ0) is 11.3. The summed E-state index contributed by atoms with van der Waals surface area (Å²) in [4.78, 5) is 11.3. The summed E-state index contributed by atoms with van der Waals surface area (Å²) in [5, 5.41) is 0. The number of rotatable bonds is 5. The smallest absolute Gasteiger partial charge is 0.151 e. The van der Waals surface area contributed by atoms with E-state index >= 15 is 0 Å². The van der Waals surface area contributed by atoms with Crippen LogP contribution in [-0.2, 0) is 10.8 Å². The van der Waals surface area contributed by atoms with E-state index < -0.39 is 10.8 Å². The minimum atomic E-state index is -1.11. The lowest BCUT2D eigenvalue weighted by atomic mass is 10.2. The molecule has 1 aromatic carbocycles. The highest BCUT2D eigenvalue weighted by atomic mass is 32.2. The first-order valence-electron chi connectivity index (χ1n) is 4.72. The Labute approximate surface area is 92.5 Å². The largest absolute Gasteiger partial charge is 0.298 e. The van der Waals surface area contributed by atoms with Crippen molar-refractivity contribution in [1.82, 2.24) is 0 Å². The van der Waals surface area contributed by atoms with Gasteiger partial charge in [0, 0.05) is 16.2 Å². The Bertz CT molecular complexity index is 396. The zero-order valence-electron chi connectivity index (χ0n) is 8.73. The summed E-state index contributed by atoms with van der Waals surface area (Å²) < 4.78 is 11.8. The van der Waals surface area contributed by atoms with Gasteiger partial charge in [0.05, 0.1) is 10.8 Å². The van der Waals surface area contributed by atoms with Gasteiger partial charge in [-0.2, -0.15) is 0 Å². The van der Waals surface area contributed by atoms with Gasteiger partial charge in [0.15, 0.2) is 6.29 Å². The zero-order valence-corrected chi connectivity index (χ0v) is 9.55. The minimum absolute atomic E-state index is 0.512. The fourth-order valence-corrected chi connectivity index (χ4v) is 2.53. The summed E-state index contributed by atoms with van der Waals surface area (Å²) in [6.07, 6.45) is 1.47. The maximum Gasteiger partial charge on any atom is 0.151 e. The van der Waals surface area contributed by atoms with Crippen molar-refractivity contribution < 1.29 is 9.00 Å². The molecule has 0 spiro atoms. The monoisotopic (exact) mass is 222 g/mol. The summed E-state index contributed by atoms with van der Waals surface area (Å²) in [6, 6.07) is 6.98. The van der Waals surface area contributed by atoms with Crippen LogP contribution < -0.4 is 0 Å². The van der Waals surface area contributed by atoms with Gasteiger partial charge in [0.1, 0.15) is 0 Å². The summed E-state index contributed by atoms with van der Waals surface area (Å²) in [5.74, 6) is 0.528. The summed E-state index contributed by atoms with van der Waals surface area (Å²) in [5.41, 5.74) is 1.52. The van der Waals surface area contributed by atoms with Crippen LogP contribution in [0.4, 0.5) is 0 Å². The van der Waals surface area contributed by atoms with Crippen LogP contribution in [-0.4, -0.2) is 16.2 Å². The number of benzene rings is 1. The molecule has 0 aromatic heterocycles. The van der Waals surface area contributed by atoms with Crippen LogP contribution in [0.2, 0.25) is 0 Å². The van der Waals surface area contributed by atoms with E-state index in [0.717, 1.165) is 18.3 Å². The molecule has 1 rings (SSSR count). The molecular weight excluding hydrogens is 208 g/mol. The van der Waals surface area contributed by atoms with Gasteiger partial charge < -0.3 is 0 Å². The van der Waals surface area contributed by atoms with Gasteiger partial charge in [-0.25, -0.2) is 0 Å². The highest BCUT2D eigenvalue weighted by Crippen LogP contribution is 2.13. The quantitative estimate of drug-likeness (QED) is 0.567. The molecule has 3 heteroatoms. The molecule has 0 radical (unpaired) electrons. The summed E-state index contributed by atoms with van der Waals surface area (Å²) in [6.45, 7) is 5.66. The maximum atomic E-state index is 11.8. The molecule has 0 amide bonds. The van der Waals surface area contributed by atoms with Crippen LogP contribution in [0.3, 0.4) is 0 Å². The standard InChI is InChI=1S/C12H14O2S/c1-10(2)7-8-15(14)12-6-4-3-5-11(12)9-13/h3-6,9H,1,7-8H2,2H3. The van der Waals surface area contributed by atoms with Crippen molar-refractivity contribution in [2.24, 2.45) is 0 Å². The van der Waals surface area contributed by atoms with Gasteiger partial charge in [0.2, 0.25) is 0 Å². The van der Waals surface area contributed by atoms with E-state index in [-0.39, 0.29) is 0 Å². The molecule has 80 valence electrons. The summed E-state index contributed by atoms with van der Waals surface area (Å²) in [7, 11) is -1.11. The van der Waals surface area contributed by atoms with Crippen molar-refractivity contribution >= 4 is 17.1 Å². The van der Waals surface area contributed by atoms with Crippen LogP contribution >= 0.6 is 0 Å². The lowest BCUT2D eigenvalue weighted by Gasteiger charge is -2.04.